The molecule has 7 nitrogen and oxygen atoms in total. The summed E-state index contributed by atoms with van der Waals surface area (Å²) >= 11 is 1.61. The van der Waals surface area contributed by atoms with Crippen molar-refractivity contribution in [1.29, 1.82) is 0 Å². The van der Waals surface area contributed by atoms with Crippen LogP contribution in [0, 0.1) is 0 Å². The highest BCUT2D eigenvalue weighted by molar-refractivity contribution is 7.18. The lowest BCUT2D eigenvalue weighted by atomic mass is 10.1. The van der Waals surface area contributed by atoms with Crippen LogP contribution in [0.3, 0.4) is 0 Å². The van der Waals surface area contributed by atoms with E-state index in [4.69, 9.17) is 4.74 Å². The number of piperidine rings is 1. The molecule has 2 aliphatic rings. The maximum atomic E-state index is 13.1. The van der Waals surface area contributed by atoms with E-state index in [1.54, 1.807) is 23.3 Å². The van der Waals surface area contributed by atoms with Gasteiger partial charge in [-0.3, -0.25) is 9.59 Å². The largest absolute Gasteiger partial charge is 0.477 e. The highest BCUT2D eigenvalue weighted by Crippen LogP contribution is 2.33. The number of ether oxygens (including phenoxy) is 1. The Balaban J connectivity index is 1.29. The Kier molecular flexibility index (Phi) is 6.17. The summed E-state index contributed by atoms with van der Waals surface area (Å²) in [4.78, 5) is 36.5. The fourth-order valence-electron chi connectivity index (χ4n) is 4.47. The third-order valence-corrected chi connectivity index (χ3v) is 7.29. The first kappa shape index (κ1) is 21.7. The first-order chi connectivity index (χ1) is 16.1. The Morgan fingerprint density at radius 3 is 2.67 bits per heavy atom. The fraction of sp³-hybridized carbons (Fsp3) is 0.400. The molecule has 1 fully saturated rings. The van der Waals surface area contributed by atoms with Crippen LogP contribution in [0.5, 0.6) is 5.75 Å². The maximum Gasteiger partial charge on any atom is 0.265 e. The number of hydrogen-bond donors (Lipinski definition) is 0. The van der Waals surface area contributed by atoms with Gasteiger partial charge in [0.05, 0.1) is 35.5 Å². The van der Waals surface area contributed by atoms with Crippen molar-refractivity contribution >= 4 is 39.1 Å². The summed E-state index contributed by atoms with van der Waals surface area (Å²) in [6, 6.07) is 15.6. The minimum absolute atomic E-state index is 0.0180. The zero-order chi connectivity index (χ0) is 22.8. The highest BCUT2D eigenvalue weighted by atomic mass is 32.1. The highest BCUT2D eigenvalue weighted by Gasteiger charge is 2.34. The number of hydrogen-bond acceptors (Lipinski definition) is 6. The second-order valence-electron chi connectivity index (χ2n) is 8.67. The number of nitrogens with zero attached hydrogens (tertiary/aromatic N) is 4. The van der Waals surface area contributed by atoms with E-state index in [0.29, 0.717) is 18.8 Å². The summed E-state index contributed by atoms with van der Waals surface area (Å²) < 4.78 is 7.20. The molecule has 0 bridgehead atoms. The van der Waals surface area contributed by atoms with Crippen molar-refractivity contribution in [2.24, 2.45) is 0 Å². The molecule has 2 amide bonds. The number of carbonyl (C=O) groups is 2. The molecule has 1 aromatic heterocycles. The van der Waals surface area contributed by atoms with Crippen LogP contribution in [0.2, 0.25) is 0 Å². The molecule has 0 N–H and O–H groups in total. The minimum atomic E-state index is -0.597. The molecule has 172 valence electrons. The van der Waals surface area contributed by atoms with Crippen molar-refractivity contribution < 1.29 is 14.3 Å². The van der Waals surface area contributed by atoms with Crippen molar-refractivity contribution in [3.8, 4) is 5.75 Å². The number of carbonyl (C=O) groups excluding carboxylic acids is 2. The SMILES string of the molecule is CN(Cc1nc2ccccc2s1)C(=O)CN1CC(C(=O)N2CCCCC2)Oc2ccccc21. The second-order valence-corrected chi connectivity index (χ2v) is 9.78. The van der Waals surface area contributed by atoms with Gasteiger partial charge in [0.25, 0.3) is 5.91 Å². The zero-order valence-electron chi connectivity index (χ0n) is 18.8. The van der Waals surface area contributed by atoms with Crippen LogP contribution in [0.15, 0.2) is 48.5 Å². The van der Waals surface area contributed by atoms with Gasteiger partial charge in [0, 0.05) is 20.1 Å². The van der Waals surface area contributed by atoms with Crippen LogP contribution in [0.4, 0.5) is 5.69 Å². The molecule has 0 radical (unpaired) electrons. The van der Waals surface area contributed by atoms with Crippen LogP contribution in [-0.2, 0) is 16.1 Å². The average Bonchev–Trinajstić information content (AvgIpc) is 3.26. The number of rotatable bonds is 5. The minimum Gasteiger partial charge on any atom is -0.477 e. The molecule has 2 aliphatic heterocycles. The fourth-order valence-corrected chi connectivity index (χ4v) is 5.49. The van der Waals surface area contributed by atoms with Gasteiger partial charge in [-0.05, 0) is 43.5 Å². The second kappa shape index (κ2) is 9.39. The summed E-state index contributed by atoms with van der Waals surface area (Å²) in [5.41, 5.74) is 1.81. The normalized spacial score (nSPS) is 18.0. The Hall–Kier alpha value is -3.13. The van der Waals surface area contributed by atoms with E-state index in [1.807, 2.05) is 58.3 Å². The lowest BCUT2D eigenvalue weighted by Gasteiger charge is -2.38. The van der Waals surface area contributed by atoms with Crippen molar-refractivity contribution in [1.82, 2.24) is 14.8 Å². The molecule has 8 heteroatoms. The lowest BCUT2D eigenvalue weighted by molar-refractivity contribution is -0.139. The summed E-state index contributed by atoms with van der Waals surface area (Å²) in [6.07, 6.45) is 2.64. The lowest BCUT2D eigenvalue weighted by Crippen LogP contribution is -2.53. The van der Waals surface area contributed by atoms with E-state index >= 15 is 0 Å². The van der Waals surface area contributed by atoms with Crippen LogP contribution >= 0.6 is 11.3 Å². The molecule has 1 unspecified atom stereocenters. The van der Waals surface area contributed by atoms with Crippen LogP contribution in [0.1, 0.15) is 24.3 Å². The molecule has 1 saturated heterocycles. The van der Waals surface area contributed by atoms with Gasteiger partial charge in [-0.2, -0.15) is 0 Å². The topological polar surface area (TPSA) is 66.0 Å². The standard InChI is InChI=1S/C25H28N4O3S/c1-27(16-23-26-18-9-3-6-12-22(18)33-23)24(30)17-29-15-21(25(31)28-13-7-2-8-14-28)32-20-11-5-4-10-19(20)29/h3-6,9-12,21H,2,7-8,13-17H2,1H3. The summed E-state index contributed by atoms with van der Waals surface area (Å²) in [5, 5.41) is 0.910. The van der Waals surface area contributed by atoms with Gasteiger partial charge in [0.1, 0.15) is 10.8 Å². The van der Waals surface area contributed by atoms with Crippen molar-refractivity contribution in [3.63, 3.8) is 0 Å². The summed E-state index contributed by atoms with van der Waals surface area (Å²) in [5.74, 6) is 0.653. The van der Waals surface area contributed by atoms with Gasteiger partial charge in [0.15, 0.2) is 6.10 Å². The maximum absolute atomic E-state index is 13.1. The Morgan fingerprint density at radius 2 is 1.85 bits per heavy atom. The predicted octanol–water partition coefficient (Wildman–Crippen LogP) is 3.53. The van der Waals surface area contributed by atoms with E-state index in [1.165, 1.54) is 6.42 Å². The number of benzene rings is 2. The molecule has 2 aromatic carbocycles. The molecule has 5 rings (SSSR count). The molecule has 1 atom stereocenters. The Morgan fingerprint density at radius 1 is 1.09 bits per heavy atom. The van der Waals surface area contributed by atoms with E-state index in [2.05, 4.69) is 4.98 Å². The summed E-state index contributed by atoms with van der Waals surface area (Å²) in [6.45, 7) is 2.58. The Bertz CT molecular complexity index is 1120. The molecule has 0 saturated carbocycles. The van der Waals surface area contributed by atoms with Gasteiger partial charge in [-0.1, -0.05) is 24.3 Å². The number of aromatic nitrogens is 1. The quantitative estimate of drug-likeness (QED) is 0.578. The smallest absolute Gasteiger partial charge is 0.265 e. The zero-order valence-corrected chi connectivity index (χ0v) is 19.6. The predicted molar refractivity (Wildman–Crippen MR) is 130 cm³/mol. The van der Waals surface area contributed by atoms with Gasteiger partial charge < -0.3 is 19.4 Å². The van der Waals surface area contributed by atoms with Gasteiger partial charge in [-0.25, -0.2) is 4.98 Å². The number of likely N-dealkylation sites (N-methyl/N-ethyl adjacent to an activating group) is 1. The van der Waals surface area contributed by atoms with Crippen molar-refractivity contribution in [2.75, 3.05) is 38.1 Å². The average molecular weight is 465 g/mol. The van der Waals surface area contributed by atoms with Gasteiger partial charge >= 0.3 is 0 Å². The van der Waals surface area contributed by atoms with Crippen LogP contribution in [-0.4, -0.2) is 65.9 Å². The summed E-state index contributed by atoms with van der Waals surface area (Å²) in [7, 11) is 1.80. The number of para-hydroxylation sites is 3. The van der Waals surface area contributed by atoms with Gasteiger partial charge in [-0.15, -0.1) is 11.3 Å². The first-order valence-electron chi connectivity index (χ1n) is 11.5. The molecule has 0 spiro atoms. The third-order valence-electron chi connectivity index (χ3n) is 6.27. The van der Waals surface area contributed by atoms with Gasteiger partial charge in [0.2, 0.25) is 5.91 Å². The molecule has 3 aromatic rings. The van der Waals surface area contributed by atoms with Crippen molar-refractivity contribution in [2.45, 2.75) is 31.9 Å². The third kappa shape index (κ3) is 4.66. The number of likely N-dealkylation sites (tertiary alicyclic amines) is 1. The molecular formula is C25H28N4O3S. The Labute approximate surface area is 197 Å². The number of fused-ring (bicyclic) bond motifs is 2. The molecule has 33 heavy (non-hydrogen) atoms. The number of anilines is 1. The number of amides is 2. The molecule has 3 heterocycles. The monoisotopic (exact) mass is 464 g/mol. The number of thiazole rings is 1. The first-order valence-corrected chi connectivity index (χ1v) is 12.3. The van der Waals surface area contributed by atoms with E-state index in [0.717, 1.165) is 46.8 Å². The van der Waals surface area contributed by atoms with Crippen LogP contribution < -0.4 is 9.64 Å². The van der Waals surface area contributed by atoms with Crippen LogP contribution in [0.25, 0.3) is 10.2 Å². The molecular weight excluding hydrogens is 436 g/mol. The van der Waals surface area contributed by atoms with Crippen molar-refractivity contribution in [3.05, 3.63) is 53.5 Å². The van der Waals surface area contributed by atoms with E-state index in [9.17, 15) is 9.59 Å². The van der Waals surface area contributed by atoms with E-state index in [-0.39, 0.29) is 18.4 Å². The van der Waals surface area contributed by atoms with E-state index < -0.39 is 6.10 Å². The molecule has 0 aliphatic carbocycles.